The van der Waals surface area contributed by atoms with Gasteiger partial charge in [-0.1, -0.05) is 30.0 Å². The van der Waals surface area contributed by atoms with Crippen LogP contribution in [0, 0.1) is 0 Å². The molecule has 0 fully saturated rings. The minimum absolute atomic E-state index is 0.0909. The first-order chi connectivity index (χ1) is 11.6. The third-order valence-corrected chi connectivity index (χ3v) is 5.92. The molecule has 0 N–H and O–H groups in total. The van der Waals surface area contributed by atoms with Gasteiger partial charge in [0, 0.05) is 18.1 Å². The van der Waals surface area contributed by atoms with Crippen LogP contribution in [0.5, 0.6) is 0 Å². The van der Waals surface area contributed by atoms with E-state index in [4.69, 9.17) is 4.42 Å². The van der Waals surface area contributed by atoms with E-state index < -0.39 is 9.84 Å². The summed E-state index contributed by atoms with van der Waals surface area (Å²) in [5, 5.41) is 8.34. The zero-order chi connectivity index (χ0) is 16.8. The molecule has 0 radical (unpaired) electrons. The zero-order valence-corrected chi connectivity index (χ0v) is 14.3. The van der Waals surface area contributed by atoms with Crippen LogP contribution < -0.4 is 0 Å². The van der Waals surface area contributed by atoms with Gasteiger partial charge in [0.15, 0.2) is 9.84 Å². The number of rotatable bonds is 7. The third-order valence-electron chi connectivity index (χ3n) is 3.20. The summed E-state index contributed by atoms with van der Waals surface area (Å²) in [6, 6.07) is 12.1. The first-order valence-corrected chi connectivity index (χ1v) is 9.93. The van der Waals surface area contributed by atoms with Crippen LogP contribution in [0.15, 0.2) is 69.4 Å². The molecule has 1 aromatic carbocycles. The second-order valence-corrected chi connectivity index (χ2v) is 8.10. The fourth-order valence-corrected chi connectivity index (χ4v) is 4.24. The predicted molar refractivity (Wildman–Crippen MR) is 91.4 cm³/mol. The van der Waals surface area contributed by atoms with Crippen LogP contribution in [0.3, 0.4) is 0 Å². The van der Waals surface area contributed by atoms with Crippen LogP contribution in [-0.2, 0) is 9.84 Å². The third kappa shape index (κ3) is 4.21. The lowest BCUT2D eigenvalue weighted by atomic mass is 10.3. The van der Waals surface area contributed by atoms with Crippen molar-refractivity contribution in [2.45, 2.75) is 16.5 Å². The Morgan fingerprint density at radius 2 is 1.88 bits per heavy atom. The number of hydrogen-bond donors (Lipinski definition) is 0. The summed E-state index contributed by atoms with van der Waals surface area (Å²) in [6.45, 7) is 0. The lowest BCUT2D eigenvalue weighted by Crippen LogP contribution is -2.07. The molecule has 0 amide bonds. The molecule has 0 atom stereocenters. The lowest BCUT2D eigenvalue weighted by Gasteiger charge is -2.03. The van der Waals surface area contributed by atoms with Crippen molar-refractivity contribution in [1.29, 1.82) is 0 Å². The van der Waals surface area contributed by atoms with Gasteiger partial charge in [-0.05, 0) is 30.7 Å². The normalized spacial score (nSPS) is 11.5. The molecule has 2 aromatic heterocycles. The largest absolute Gasteiger partial charge is 0.411 e. The first kappa shape index (κ1) is 16.7. The van der Waals surface area contributed by atoms with E-state index in [-0.39, 0.29) is 5.75 Å². The molecular weight excluding hydrogens is 346 g/mol. The van der Waals surface area contributed by atoms with Crippen molar-refractivity contribution in [2.75, 3.05) is 11.5 Å². The summed E-state index contributed by atoms with van der Waals surface area (Å²) in [5.74, 6) is 1.08. The van der Waals surface area contributed by atoms with Crippen molar-refractivity contribution < 1.29 is 12.8 Å². The summed E-state index contributed by atoms with van der Waals surface area (Å²) in [7, 11) is -3.24. The fraction of sp³-hybridized carbons (Fsp3) is 0.188. The number of hydrogen-bond acceptors (Lipinski definition) is 7. The molecule has 24 heavy (non-hydrogen) atoms. The Kier molecular flexibility index (Phi) is 5.27. The molecule has 0 aliphatic rings. The average molecular weight is 361 g/mol. The van der Waals surface area contributed by atoms with Crippen molar-refractivity contribution >= 4 is 21.6 Å². The van der Waals surface area contributed by atoms with E-state index in [1.807, 2.05) is 6.07 Å². The van der Waals surface area contributed by atoms with Gasteiger partial charge in [0.2, 0.25) is 5.89 Å². The fourth-order valence-electron chi connectivity index (χ4n) is 2.03. The zero-order valence-electron chi connectivity index (χ0n) is 12.7. The van der Waals surface area contributed by atoms with Gasteiger partial charge in [-0.3, -0.25) is 4.98 Å². The highest BCUT2D eigenvalue weighted by molar-refractivity contribution is 7.99. The Bertz CT molecular complexity index is 881. The van der Waals surface area contributed by atoms with E-state index in [9.17, 15) is 8.42 Å². The maximum Gasteiger partial charge on any atom is 0.276 e. The van der Waals surface area contributed by atoms with Crippen molar-refractivity contribution in [1.82, 2.24) is 15.2 Å². The van der Waals surface area contributed by atoms with E-state index in [1.165, 1.54) is 11.8 Å². The molecule has 0 aliphatic heterocycles. The predicted octanol–water partition coefficient (Wildman–Crippen LogP) is 3.09. The molecule has 0 bridgehead atoms. The molecule has 8 heteroatoms. The number of aromatic nitrogens is 3. The van der Waals surface area contributed by atoms with Crippen LogP contribution in [-0.4, -0.2) is 35.1 Å². The summed E-state index contributed by atoms with van der Waals surface area (Å²) >= 11 is 1.35. The minimum atomic E-state index is -3.24. The maximum absolute atomic E-state index is 12.2. The van der Waals surface area contributed by atoms with Crippen molar-refractivity contribution in [3.05, 3.63) is 54.9 Å². The topological polar surface area (TPSA) is 86.0 Å². The molecule has 0 saturated carbocycles. The van der Waals surface area contributed by atoms with E-state index >= 15 is 0 Å². The van der Waals surface area contributed by atoms with E-state index in [2.05, 4.69) is 15.2 Å². The van der Waals surface area contributed by atoms with Crippen LogP contribution in [0.1, 0.15) is 6.42 Å². The molecule has 124 valence electrons. The highest BCUT2D eigenvalue weighted by atomic mass is 32.2. The smallest absolute Gasteiger partial charge is 0.276 e. The van der Waals surface area contributed by atoms with Gasteiger partial charge in [0.1, 0.15) is 0 Å². The van der Waals surface area contributed by atoms with Crippen molar-refractivity contribution in [2.24, 2.45) is 0 Å². The summed E-state index contributed by atoms with van der Waals surface area (Å²) in [5.41, 5.74) is 0.753. The summed E-state index contributed by atoms with van der Waals surface area (Å²) < 4.78 is 29.9. The number of thioether (sulfide) groups is 1. The lowest BCUT2D eigenvalue weighted by molar-refractivity contribution is 0.465. The van der Waals surface area contributed by atoms with Gasteiger partial charge in [-0.15, -0.1) is 10.2 Å². The van der Waals surface area contributed by atoms with Gasteiger partial charge in [-0.2, -0.15) is 0 Å². The maximum atomic E-state index is 12.2. The number of pyridine rings is 1. The van der Waals surface area contributed by atoms with Crippen LogP contribution in [0.25, 0.3) is 11.5 Å². The minimum Gasteiger partial charge on any atom is -0.411 e. The number of nitrogens with zero attached hydrogens (tertiary/aromatic N) is 3. The van der Waals surface area contributed by atoms with E-state index in [0.29, 0.717) is 28.2 Å². The molecule has 0 spiro atoms. The van der Waals surface area contributed by atoms with Gasteiger partial charge in [0.05, 0.1) is 16.2 Å². The van der Waals surface area contributed by atoms with Gasteiger partial charge >= 0.3 is 0 Å². The summed E-state index contributed by atoms with van der Waals surface area (Å²) in [6.07, 6.45) is 3.82. The van der Waals surface area contributed by atoms with Crippen LogP contribution in [0.2, 0.25) is 0 Å². The molecule has 3 rings (SSSR count). The highest BCUT2D eigenvalue weighted by Gasteiger charge is 2.14. The molecule has 3 aromatic rings. The Balaban J connectivity index is 1.52. The number of benzene rings is 1. The second kappa shape index (κ2) is 7.59. The highest BCUT2D eigenvalue weighted by Crippen LogP contribution is 2.23. The Morgan fingerprint density at radius 3 is 2.62 bits per heavy atom. The van der Waals surface area contributed by atoms with E-state index in [1.54, 1.807) is 48.8 Å². The van der Waals surface area contributed by atoms with Gasteiger partial charge in [0.25, 0.3) is 5.22 Å². The Morgan fingerprint density at radius 1 is 1.04 bits per heavy atom. The standard InChI is InChI=1S/C16H15N3O3S2/c20-24(21,14-7-2-1-3-8-14)11-5-10-23-16-19-18-15(22-16)13-6-4-9-17-12-13/h1-4,6-9,12H,5,10-11H2. The van der Waals surface area contributed by atoms with Crippen LogP contribution >= 0.6 is 11.8 Å². The Labute approximate surface area is 144 Å². The molecule has 0 aliphatic carbocycles. The molecule has 0 saturated heterocycles. The Hall–Kier alpha value is -2.19. The van der Waals surface area contributed by atoms with Gasteiger partial charge in [-0.25, -0.2) is 8.42 Å². The average Bonchev–Trinajstić information content (AvgIpc) is 3.09. The van der Waals surface area contributed by atoms with Crippen molar-refractivity contribution in [3.63, 3.8) is 0 Å². The van der Waals surface area contributed by atoms with Crippen molar-refractivity contribution in [3.8, 4) is 11.5 Å². The molecular formula is C16H15N3O3S2. The number of sulfone groups is 1. The quantitative estimate of drug-likeness (QED) is 0.472. The van der Waals surface area contributed by atoms with Crippen LogP contribution in [0.4, 0.5) is 0 Å². The first-order valence-electron chi connectivity index (χ1n) is 7.30. The molecule has 0 unspecified atom stereocenters. The molecule has 2 heterocycles. The summed E-state index contributed by atoms with van der Waals surface area (Å²) in [4.78, 5) is 4.35. The monoisotopic (exact) mass is 361 g/mol. The second-order valence-electron chi connectivity index (χ2n) is 4.95. The van der Waals surface area contributed by atoms with Gasteiger partial charge < -0.3 is 4.42 Å². The molecule has 6 nitrogen and oxygen atoms in total. The van der Waals surface area contributed by atoms with E-state index in [0.717, 1.165) is 5.56 Å². The SMILES string of the molecule is O=S(=O)(CCCSc1nnc(-c2cccnc2)o1)c1ccccc1.